The quantitative estimate of drug-likeness (QED) is 0.871. The van der Waals surface area contributed by atoms with Crippen LogP contribution in [0.4, 0.5) is 0 Å². The minimum Gasteiger partial charge on any atom is -0.496 e. The summed E-state index contributed by atoms with van der Waals surface area (Å²) in [7, 11) is 1.67. The molecule has 112 valence electrons. The second-order valence-electron chi connectivity index (χ2n) is 5.07. The number of nitrogens with two attached hydrogens (primary N) is 1. The minimum atomic E-state index is -0.0862. The van der Waals surface area contributed by atoms with Crippen molar-refractivity contribution in [2.24, 2.45) is 5.73 Å². The normalized spacial score (nSPS) is 12.0. The summed E-state index contributed by atoms with van der Waals surface area (Å²) < 4.78 is 12.3. The lowest BCUT2D eigenvalue weighted by atomic mass is 10.1. The van der Waals surface area contributed by atoms with E-state index in [2.05, 4.69) is 28.9 Å². The van der Waals surface area contributed by atoms with E-state index in [1.54, 1.807) is 7.11 Å². The Hall–Kier alpha value is -1.52. The zero-order valence-electron chi connectivity index (χ0n) is 12.5. The van der Waals surface area contributed by atoms with Crippen LogP contribution < -0.4 is 15.2 Å². The van der Waals surface area contributed by atoms with Crippen molar-refractivity contribution in [3.8, 4) is 11.5 Å². The van der Waals surface area contributed by atoms with Gasteiger partial charge >= 0.3 is 0 Å². The highest BCUT2D eigenvalue weighted by Crippen LogP contribution is 2.29. The summed E-state index contributed by atoms with van der Waals surface area (Å²) in [4.78, 5) is 0. The molecule has 0 radical (unpaired) electrons. The molecule has 2 N–H and O–H groups in total. The van der Waals surface area contributed by atoms with E-state index < -0.39 is 0 Å². The monoisotopic (exact) mass is 349 g/mol. The Labute approximate surface area is 134 Å². The molecule has 0 fully saturated rings. The summed E-state index contributed by atoms with van der Waals surface area (Å²) in [6.07, 6.45) is 0. The van der Waals surface area contributed by atoms with Crippen LogP contribution in [0.5, 0.6) is 11.5 Å². The molecule has 0 spiro atoms. The van der Waals surface area contributed by atoms with Gasteiger partial charge in [0.25, 0.3) is 0 Å². The minimum absolute atomic E-state index is 0.0862. The number of halogens is 1. The first-order valence-corrected chi connectivity index (χ1v) is 7.62. The largest absolute Gasteiger partial charge is 0.496 e. The van der Waals surface area contributed by atoms with Crippen LogP contribution in [0.15, 0.2) is 40.9 Å². The molecule has 0 bridgehead atoms. The third-order valence-electron chi connectivity index (χ3n) is 3.28. The van der Waals surface area contributed by atoms with E-state index in [4.69, 9.17) is 15.2 Å². The molecule has 0 aliphatic rings. The first kappa shape index (κ1) is 15.9. The van der Waals surface area contributed by atoms with Crippen molar-refractivity contribution >= 4 is 15.9 Å². The van der Waals surface area contributed by atoms with Gasteiger partial charge < -0.3 is 15.2 Å². The van der Waals surface area contributed by atoms with Gasteiger partial charge in [-0.25, -0.2) is 0 Å². The van der Waals surface area contributed by atoms with Crippen LogP contribution in [-0.2, 0) is 6.61 Å². The Morgan fingerprint density at radius 1 is 1.14 bits per heavy atom. The van der Waals surface area contributed by atoms with E-state index in [-0.39, 0.29) is 6.04 Å². The third kappa shape index (κ3) is 3.99. The van der Waals surface area contributed by atoms with Crippen LogP contribution in [0, 0.1) is 6.92 Å². The Bertz CT molecular complexity index is 626. The number of benzene rings is 2. The lowest BCUT2D eigenvalue weighted by Gasteiger charge is -2.16. The van der Waals surface area contributed by atoms with Crippen molar-refractivity contribution in [3.05, 3.63) is 57.6 Å². The maximum atomic E-state index is 6.01. The molecule has 0 unspecified atom stereocenters. The Kier molecular flexibility index (Phi) is 5.26. The summed E-state index contributed by atoms with van der Waals surface area (Å²) in [6.45, 7) is 4.45. The van der Waals surface area contributed by atoms with Crippen LogP contribution in [-0.4, -0.2) is 7.11 Å². The highest BCUT2D eigenvalue weighted by Gasteiger charge is 2.10. The van der Waals surface area contributed by atoms with Gasteiger partial charge in [-0.15, -0.1) is 0 Å². The number of hydrogen-bond donors (Lipinski definition) is 1. The van der Waals surface area contributed by atoms with E-state index in [1.165, 1.54) is 5.56 Å². The average molecular weight is 350 g/mol. The maximum Gasteiger partial charge on any atom is 0.125 e. The highest BCUT2D eigenvalue weighted by atomic mass is 79.9. The van der Waals surface area contributed by atoms with Crippen LogP contribution in [0.1, 0.15) is 29.7 Å². The zero-order valence-corrected chi connectivity index (χ0v) is 14.1. The smallest absolute Gasteiger partial charge is 0.125 e. The molecule has 4 heteroatoms. The Morgan fingerprint density at radius 2 is 1.86 bits per heavy atom. The van der Waals surface area contributed by atoms with E-state index in [0.29, 0.717) is 6.61 Å². The molecular formula is C17H20BrNO2. The number of methoxy groups -OCH3 is 1. The predicted octanol–water partition coefficient (Wildman–Crippen LogP) is 4.36. The number of rotatable bonds is 5. The zero-order chi connectivity index (χ0) is 15.4. The van der Waals surface area contributed by atoms with Crippen LogP contribution in [0.2, 0.25) is 0 Å². The van der Waals surface area contributed by atoms with E-state index in [0.717, 1.165) is 27.1 Å². The number of hydrogen-bond acceptors (Lipinski definition) is 3. The molecule has 2 aromatic rings. The van der Waals surface area contributed by atoms with Gasteiger partial charge in [0.1, 0.15) is 18.1 Å². The van der Waals surface area contributed by atoms with Gasteiger partial charge in [-0.05, 0) is 44.2 Å². The average Bonchev–Trinajstić information content (AvgIpc) is 2.46. The fourth-order valence-corrected chi connectivity index (χ4v) is 2.56. The topological polar surface area (TPSA) is 44.5 Å². The first-order chi connectivity index (χ1) is 10.0. The van der Waals surface area contributed by atoms with Gasteiger partial charge in [-0.2, -0.15) is 0 Å². The van der Waals surface area contributed by atoms with Gasteiger partial charge in [0, 0.05) is 21.6 Å². The molecule has 0 aliphatic carbocycles. The lowest BCUT2D eigenvalue weighted by Crippen LogP contribution is -2.08. The molecule has 21 heavy (non-hydrogen) atoms. The SMILES string of the molecule is COc1ccc(C)cc1COc1ccc(Br)cc1[C@@H](C)N. The van der Waals surface area contributed by atoms with Crippen molar-refractivity contribution in [2.75, 3.05) is 7.11 Å². The standard InChI is InChI=1S/C17H20BrNO2/c1-11-4-6-16(20-3)13(8-11)10-21-17-7-5-14(18)9-15(17)12(2)19/h4-9,12H,10,19H2,1-3H3/t12-/m1/s1. The summed E-state index contributed by atoms with van der Waals surface area (Å²) in [5.41, 5.74) is 9.19. The Balaban J connectivity index is 2.22. The van der Waals surface area contributed by atoms with E-state index in [9.17, 15) is 0 Å². The van der Waals surface area contributed by atoms with E-state index >= 15 is 0 Å². The van der Waals surface area contributed by atoms with Gasteiger partial charge in [0.2, 0.25) is 0 Å². The molecule has 0 aliphatic heterocycles. The molecule has 2 aromatic carbocycles. The fourth-order valence-electron chi connectivity index (χ4n) is 2.18. The molecule has 0 heterocycles. The summed E-state index contributed by atoms with van der Waals surface area (Å²) in [5, 5.41) is 0. The van der Waals surface area contributed by atoms with Gasteiger partial charge in [0.15, 0.2) is 0 Å². The second-order valence-corrected chi connectivity index (χ2v) is 5.99. The molecule has 0 saturated heterocycles. The molecule has 1 atom stereocenters. The first-order valence-electron chi connectivity index (χ1n) is 6.82. The number of aryl methyl sites for hydroxylation is 1. The van der Waals surface area contributed by atoms with Crippen LogP contribution >= 0.6 is 15.9 Å². The fraction of sp³-hybridized carbons (Fsp3) is 0.294. The summed E-state index contributed by atoms with van der Waals surface area (Å²) >= 11 is 3.46. The molecule has 0 amide bonds. The maximum absolute atomic E-state index is 6.01. The summed E-state index contributed by atoms with van der Waals surface area (Å²) in [5.74, 6) is 1.64. The van der Waals surface area contributed by atoms with Crippen molar-refractivity contribution in [1.29, 1.82) is 0 Å². The molecule has 3 nitrogen and oxygen atoms in total. The molecule has 0 saturated carbocycles. The third-order valence-corrected chi connectivity index (χ3v) is 3.77. The van der Waals surface area contributed by atoms with Crippen molar-refractivity contribution in [2.45, 2.75) is 26.5 Å². The van der Waals surface area contributed by atoms with Crippen LogP contribution in [0.25, 0.3) is 0 Å². The highest BCUT2D eigenvalue weighted by molar-refractivity contribution is 9.10. The predicted molar refractivity (Wildman–Crippen MR) is 88.8 cm³/mol. The van der Waals surface area contributed by atoms with Crippen LogP contribution in [0.3, 0.4) is 0 Å². The lowest BCUT2D eigenvalue weighted by molar-refractivity contribution is 0.292. The molecule has 0 aromatic heterocycles. The summed E-state index contributed by atoms with van der Waals surface area (Å²) in [6, 6.07) is 11.9. The second kappa shape index (κ2) is 6.96. The van der Waals surface area contributed by atoms with Crippen molar-refractivity contribution in [1.82, 2.24) is 0 Å². The molecule has 2 rings (SSSR count). The van der Waals surface area contributed by atoms with Gasteiger partial charge in [0.05, 0.1) is 7.11 Å². The number of ether oxygens (including phenoxy) is 2. The van der Waals surface area contributed by atoms with Crippen molar-refractivity contribution in [3.63, 3.8) is 0 Å². The van der Waals surface area contributed by atoms with Gasteiger partial charge in [-0.3, -0.25) is 0 Å². The Morgan fingerprint density at radius 3 is 2.52 bits per heavy atom. The van der Waals surface area contributed by atoms with Crippen molar-refractivity contribution < 1.29 is 9.47 Å². The van der Waals surface area contributed by atoms with E-state index in [1.807, 2.05) is 37.3 Å². The van der Waals surface area contributed by atoms with Gasteiger partial charge in [-0.1, -0.05) is 27.6 Å². The molecular weight excluding hydrogens is 330 g/mol.